The van der Waals surface area contributed by atoms with Crippen molar-refractivity contribution < 1.29 is 14.3 Å². The Labute approximate surface area is 138 Å². The maximum Gasteiger partial charge on any atom is 0.408 e. The molecule has 7 heteroatoms. The zero-order valence-electron chi connectivity index (χ0n) is 13.3. The molecule has 0 saturated carbocycles. The zero-order valence-corrected chi connectivity index (χ0v) is 14.1. The van der Waals surface area contributed by atoms with Crippen LogP contribution in [0.25, 0.3) is 11.4 Å². The van der Waals surface area contributed by atoms with Crippen LogP contribution in [0.15, 0.2) is 29.8 Å². The Morgan fingerprint density at radius 1 is 1.26 bits per heavy atom. The largest absolute Gasteiger partial charge is 0.444 e. The average molecular weight is 333 g/mol. The van der Waals surface area contributed by atoms with Crippen LogP contribution in [-0.4, -0.2) is 34.0 Å². The molecule has 2 heterocycles. The van der Waals surface area contributed by atoms with E-state index in [-0.39, 0.29) is 18.7 Å². The number of thiazole rings is 1. The highest BCUT2D eigenvalue weighted by atomic mass is 32.1. The van der Waals surface area contributed by atoms with E-state index >= 15 is 0 Å². The fraction of sp³-hybridized carbons (Fsp3) is 0.375. The Kier molecular flexibility index (Phi) is 5.44. The first-order valence-corrected chi connectivity index (χ1v) is 8.06. The van der Waals surface area contributed by atoms with Crippen molar-refractivity contribution in [1.29, 1.82) is 0 Å². The molecule has 0 aliphatic carbocycles. The summed E-state index contributed by atoms with van der Waals surface area (Å²) in [5.41, 5.74) is 0.938. The predicted molar refractivity (Wildman–Crippen MR) is 88.3 cm³/mol. The topological polar surface area (TPSA) is 81.2 Å². The standard InChI is InChI=1S/C16H19N3O3S/c1-16(2,3)22-15(21)18-9-11(20)8-14-19-13(10-23-14)12-6-4-5-7-17-12/h4-7,10H,8-9H2,1-3H3,(H,18,21). The number of hydrogen-bond donors (Lipinski definition) is 1. The van der Waals surface area contributed by atoms with Gasteiger partial charge in [-0.05, 0) is 32.9 Å². The molecule has 0 atom stereocenters. The van der Waals surface area contributed by atoms with Gasteiger partial charge in [0.1, 0.15) is 10.6 Å². The fourth-order valence-electron chi connectivity index (χ4n) is 1.74. The number of nitrogens with one attached hydrogen (secondary N) is 1. The highest BCUT2D eigenvalue weighted by Crippen LogP contribution is 2.19. The quantitative estimate of drug-likeness (QED) is 0.910. The number of ketones is 1. The summed E-state index contributed by atoms with van der Waals surface area (Å²) in [6, 6.07) is 5.59. The molecule has 0 saturated heterocycles. The van der Waals surface area contributed by atoms with Gasteiger partial charge < -0.3 is 10.1 Å². The number of carbonyl (C=O) groups is 2. The van der Waals surface area contributed by atoms with Gasteiger partial charge in [-0.15, -0.1) is 11.3 Å². The van der Waals surface area contributed by atoms with Crippen LogP contribution < -0.4 is 5.32 Å². The lowest BCUT2D eigenvalue weighted by atomic mass is 10.2. The van der Waals surface area contributed by atoms with Gasteiger partial charge in [0.05, 0.1) is 24.4 Å². The SMILES string of the molecule is CC(C)(C)OC(=O)NCC(=O)Cc1nc(-c2ccccn2)cs1. The van der Waals surface area contributed by atoms with E-state index in [4.69, 9.17) is 4.74 Å². The number of Topliss-reactive ketones (excluding diaryl/α,β-unsaturated/α-hetero) is 1. The van der Waals surface area contributed by atoms with E-state index in [0.717, 1.165) is 11.4 Å². The lowest BCUT2D eigenvalue weighted by Gasteiger charge is -2.19. The van der Waals surface area contributed by atoms with Gasteiger partial charge in [-0.2, -0.15) is 0 Å². The summed E-state index contributed by atoms with van der Waals surface area (Å²) in [6.45, 7) is 5.22. The van der Waals surface area contributed by atoms with Crippen molar-refractivity contribution >= 4 is 23.2 Å². The summed E-state index contributed by atoms with van der Waals surface area (Å²) in [5.74, 6) is -0.127. The third-order valence-corrected chi connectivity index (χ3v) is 3.51. The normalized spacial score (nSPS) is 11.1. The minimum Gasteiger partial charge on any atom is -0.444 e. The number of alkyl carbamates (subject to hydrolysis) is 1. The van der Waals surface area contributed by atoms with Crippen molar-refractivity contribution in [3.05, 3.63) is 34.8 Å². The third kappa shape index (κ3) is 5.78. The van der Waals surface area contributed by atoms with Crippen molar-refractivity contribution in [2.45, 2.75) is 32.8 Å². The van der Waals surface area contributed by atoms with E-state index in [1.807, 2.05) is 23.6 Å². The van der Waals surface area contributed by atoms with Crippen LogP contribution in [0.5, 0.6) is 0 Å². The Hall–Kier alpha value is -2.28. The van der Waals surface area contributed by atoms with Crippen molar-refractivity contribution in [3.63, 3.8) is 0 Å². The molecule has 23 heavy (non-hydrogen) atoms. The van der Waals surface area contributed by atoms with Crippen LogP contribution in [0.3, 0.4) is 0 Å². The number of aromatic nitrogens is 2. The van der Waals surface area contributed by atoms with Crippen LogP contribution in [0.2, 0.25) is 0 Å². The van der Waals surface area contributed by atoms with Gasteiger partial charge >= 0.3 is 6.09 Å². The van der Waals surface area contributed by atoms with Crippen molar-refractivity contribution in [2.75, 3.05) is 6.54 Å². The van der Waals surface area contributed by atoms with Crippen LogP contribution in [0.4, 0.5) is 4.79 Å². The molecule has 122 valence electrons. The Morgan fingerprint density at radius 3 is 2.70 bits per heavy atom. The Bertz CT molecular complexity index is 677. The van der Waals surface area contributed by atoms with Gasteiger partial charge in [-0.1, -0.05) is 6.07 Å². The van der Waals surface area contributed by atoms with E-state index in [1.54, 1.807) is 27.0 Å². The van der Waals surface area contributed by atoms with Gasteiger partial charge in [-0.3, -0.25) is 9.78 Å². The molecule has 0 unspecified atom stereocenters. The Morgan fingerprint density at radius 2 is 2.04 bits per heavy atom. The van der Waals surface area contributed by atoms with Crippen molar-refractivity contribution in [3.8, 4) is 11.4 Å². The number of pyridine rings is 1. The molecule has 6 nitrogen and oxygen atoms in total. The molecular formula is C16H19N3O3S. The lowest BCUT2D eigenvalue weighted by Crippen LogP contribution is -2.35. The highest BCUT2D eigenvalue weighted by molar-refractivity contribution is 7.10. The zero-order chi connectivity index (χ0) is 16.9. The number of nitrogens with zero attached hydrogens (tertiary/aromatic N) is 2. The number of amides is 1. The molecule has 2 rings (SSSR count). The molecule has 1 N–H and O–H groups in total. The highest BCUT2D eigenvalue weighted by Gasteiger charge is 2.17. The summed E-state index contributed by atoms with van der Waals surface area (Å²) in [4.78, 5) is 32.0. The summed E-state index contributed by atoms with van der Waals surface area (Å²) in [5, 5.41) is 5.01. The maximum atomic E-state index is 11.9. The smallest absolute Gasteiger partial charge is 0.408 e. The van der Waals surface area contributed by atoms with Gasteiger partial charge in [0.2, 0.25) is 0 Å². The monoisotopic (exact) mass is 333 g/mol. The van der Waals surface area contributed by atoms with Crippen LogP contribution >= 0.6 is 11.3 Å². The number of ether oxygens (including phenoxy) is 1. The molecule has 0 aliphatic rings. The van der Waals surface area contributed by atoms with Gasteiger partial charge in [0.25, 0.3) is 0 Å². The second-order valence-corrected chi connectivity index (χ2v) is 6.86. The van der Waals surface area contributed by atoms with E-state index in [0.29, 0.717) is 5.01 Å². The lowest BCUT2D eigenvalue weighted by molar-refractivity contribution is -0.117. The molecule has 0 aromatic carbocycles. The average Bonchev–Trinajstić information content (AvgIpc) is 2.93. The summed E-state index contributed by atoms with van der Waals surface area (Å²) < 4.78 is 5.08. The molecule has 0 radical (unpaired) electrons. The minimum absolute atomic E-state index is 0.0760. The third-order valence-electron chi connectivity index (χ3n) is 2.66. The number of rotatable bonds is 5. The van der Waals surface area contributed by atoms with Crippen LogP contribution in [0.1, 0.15) is 25.8 Å². The first-order valence-electron chi connectivity index (χ1n) is 7.18. The van der Waals surface area contributed by atoms with E-state index in [1.165, 1.54) is 11.3 Å². The van der Waals surface area contributed by atoms with Gasteiger partial charge in [-0.25, -0.2) is 9.78 Å². The molecule has 0 aliphatic heterocycles. The number of carbonyl (C=O) groups excluding carboxylic acids is 2. The second kappa shape index (κ2) is 7.32. The first kappa shape index (κ1) is 17.1. The molecular weight excluding hydrogens is 314 g/mol. The van der Waals surface area contributed by atoms with Gasteiger partial charge in [0, 0.05) is 11.6 Å². The molecule has 0 fully saturated rings. The second-order valence-electron chi connectivity index (χ2n) is 5.91. The first-order chi connectivity index (χ1) is 10.8. The minimum atomic E-state index is -0.598. The maximum absolute atomic E-state index is 11.9. The Balaban J connectivity index is 1.84. The van der Waals surface area contributed by atoms with Crippen molar-refractivity contribution in [1.82, 2.24) is 15.3 Å². The van der Waals surface area contributed by atoms with Crippen LogP contribution in [0, 0.1) is 0 Å². The summed E-state index contributed by atoms with van der Waals surface area (Å²) in [7, 11) is 0. The van der Waals surface area contributed by atoms with E-state index < -0.39 is 11.7 Å². The molecule has 0 bridgehead atoms. The molecule has 2 aromatic rings. The summed E-state index contributed by atoms with van der Waals surface area (Å²) >= 11 is 1.40. The molecule has 2 aromatic heterocycles. The van der Waals surface area contributed by atoms with E-state index in [2.05, 4.69) is 15.3 Å². The van der Waals surface area contributed by atoms with E-state index in [9.17, 15) is 9.59 Å². The van der Waals surface area contributed by atoms with Crippen molar-refractivity contribution in [2.24, 2.45) is 0 Å². The fourth-order valence-corrected chi connectivity index (χ4v) is 2.56. The van der Waals surface area contributed by atoms with Gasteiger partial charge in [0.15, 0.2) is 5.78 Å². The summed E-state index contributed by atoms with van der Waals surface area (Å²) in [6.07, 6.45) is 1.27. The van der Waals surface area contributed by atoms with Crippen LogP contribution in [-0.2, 0) is 16.0 Å². The number of hydrogen-bond acceptors (Lipinski definition) is 6. The molecule has 1 amide bonds. The predicted octanol–water partition coefficient (Wildman–Crippen LogP) is 2.84. The molecule has 0 spiro atoms.